The Kier molecular flexibility index (Phi) is 6.60. The molecule has 262 valence electrons. The molecule has 0 amide bonds. The SMILES string of the molecule is c1cc(-c2ccc3c(c2)c2cccc4c2n3-c2ccccc2O4)cc(N(c2ccccc2-c2cccc3c2oc2ccccc23)c2cccc3ccccc23)c1. The summed E-state index contributed by atoms with van der Waals surface area (Å²) in [7, 11) is 0. The van der Waals surface area contributed by atoms with Crippen LogP contribution < -0.4 is 9.64 Å². The predicted molar refractivity (Wildman–Crippen MR) is 231 cm³/mol. The van der Waals surface area contributed by atoms with Crippen molar-refractivity contribution in [2.24, 2.45) is 0 Å². The fourth-order valence-electron chi connectivity index (χ4n) is 8.89. The van der Waals surface area contributed by atoms with Gasteiger partial charge in [0.05, 0.1) is 28.1 Å². The number of para-hydroxylation sites is 6. The highest BCUT2D eigenvalue weighted by Gasteiger charge is 2.25. The summed E-state index contributed by atoms with van der Waals surface area (Å²) in [5.41, 5.74) is 12.8. The van der Waals surface area contributed by atoms with Crippen molar-refractivity contribution in [3.05, 3.63) is 194 Å². The molecule has 0 atom stereocenters. The lowest BCUT2D eigenvalue weighted by atomic mass is 9.97. The third kappa shape index (κ3) is 4.53. The Bertz CT molecular complexity index is 3360. The molecule has 1 aliphatic rings. The van der Waals surface area contributed by atoms with Gasteiger partial charge in [-0.2, -0.15) is 0 Å². The fourth-order valence-corrected chi connectivity index (χ4v) is 8.89. The number of anilines is 3. The number of fused-ring (bicyclic) bond motifs is 9. The minimum Gasteiger partial charge on any atom is -0.455 e. The van der Waals surface area contributed by atoms with Crippen LogP contribution in [0.25, 0.3) is 82.5 Å². The van der Waals surface area contributed by atoms with Gasteiger partial charge >= 0.3 is 0 Å². The van der Waals surface area contributed by atoms with E-state index in [4.69, 9.17) is 9.15 Å². The molecule has 0 fully saturated rings. The van der Waals surface area contributed by atoms with Crippen molar-refractivity contribution in [1.29, 1.82) is 0 Å². The molecule has 0 saturated heterocycles. The quantitative estimate of drug-likeness (QED) is 0.178. The predicted octanol–water partition coefficient (Wildman–Crippen LogP) is 14.7. The van der Waals surface area contributed by atoms with Gasteiger partial charge in [0.15, 0.2) is 11.5 Å². The first-order chi connectivity index (χ1) is 27.8. The normalized spacial score (nSPS) is 12.1. The maximum absolute atomic E-state index is 6.61. The summed E-state index contributed by atoms with van der Waals surface area (Å²) in [6.45, 7) is 0. The second-order valence-electron chi connectivity index (χ2n) is 14.5. The summed E-state index contributed by atoms with van der Waals surface area (Å²) < 4.78 is 15.4. The maximum Gasteiger partial charge on any atom is 0.152 e. The molecule has 0 radical (unpaired) electrons. The van der Waals surface area contributed by atoms with Crippen LogP contribution in [0, 0.1) is 0 Å². The van der Waals surface area contributed by atoms with E-state index in [2.05, 4.69) is 179 Å². The standard InChI is InChI=1S/C52H32N2O2/c1-2-17-37-33(13-1)14-10-25-44(37)53(45-23-5-3-18-38(45)41-21-11-22-42-39-19-4-7-26-48(39)56-52(41)42)36-16-9-15-34(31-36)35-29-30-46-43(32-35)40-20-12-28-50-51(40)54(46)47-24-6-8-27-49(47)55-50/h1-32H. The highest BCUT2D eigenvalue weighted by molar-refractivity contribution is 6.14. The van der Waals surface area contributed by atoms with E-state index in [0.717, 1.165) is 89.5 Å². The van der Waals surface area contributed by atoms with Crippen molar-refractivity contribution in [1.82, 2.24) is 4.57 Å². The second kappa shape index (κ2) is 12.0. The largest absolute Gasteiger partial charge is 0.455 e. The molecule has 0 aliphatic carbocycles. The Morgan fingerprint density at radius 1 is 0.429 bits per heavy atom. The molecule has 0 bridgehead atoms. The molecule has 56 heavy (non-hydrogen) atoms. The number of nitrogens with zero attached hydrogens (tertiary/aromatic N) is 2. The van der Waals surface area contributed by atoms with Crippen LogP contribution in [-0.4, -0.2) is 4.57 Å². The minimum absolute atomic E-state index is 0.868. The molecule has 11 aromatic rings. The van der Waals surface area contributed by atoms with Crippen LogP contribution >= 0.6 is 0 Å². The topological polar surface area (TPSA) is 30.5 Å². The first-order valence-corrected chi connectivity index (χ1v) is 19.0. The van der Waals surface area contributed by atoms with Gasteiger partial charge in [0.1, 0.15) is 11.2 Å². The molecular weight excluding hydrogens is 685 g/mol. The number of aromatic nitrogens is 1. The van der Waals surface area contributed by atoms with Crippen molar-refractivity contribution < 1.29 is 9.15 Å². The van der Waals surface area contributed by atoms with Crippen molar-refractivity contribution >= 4 is 71.6 Å². The van der Waals surface area contributed by atoms with Crippen LogP contribution in [0.1, 0.15) is 0 Å². The van der Waals surface area contributed by atoms with E-state index >= 15 is 0 Å². The van der Waals surface area contributed by atoms with E-state index in [0.29, 0.717) is 0 Å². The molecule has 0 unspecified atom stereocenters. The monoisotopic (exact) mass is 716 g/mol. The Balaban J connectivity index is 1.07. The summed E-state index contributed by atoms with van der Waals surface area (Å²) in [5, 5.41) is 6.97. The minimum atomic E-state index is 0.868. The molecule has 2 aromatic heterocycles. The van der Waals surface area contributed by atoms with Crippen LogP contribution in [-0.2, 0) is 0 Å². The molecule has 9 aromatic carbocycles. The molecule has 0 spiro atoms. The van der Waals surface area contributed by atoms with E-state index in [1.54, 1.807) is 0 Å². The van der Waals surface area contributed by atoms with Crippen molar-refractivity contribution in [3.8, 4) is 39.4 Å². The van der Waals surface area contributed by atoms with Gasteiger partial charge in [-0.05, 0) is 77.2 Å². The average Bonchev–Trinajstić information content (AvgIpc) is 3.81. The second-order valence-corrected chi connectivity index (χ2v) is 14.5. The van der Waals surface area contributed by atoms with Crippen LogP contribution in [0.2, 0.25) is 0 Å². The van der Waals surface area contributed by atoms with E-state index < -0.39 is 0 Å². The van der Waals surface area contributed by atoms with Crippen molar-refractivity contribution in [3.63, 3.8) is 0 Å². The van der Waals surface area contributed by atoms with Crippen LogP contribution in [0.15, 0.2) is 199 Å². The Morgan fingerprint density at radius 3 is 2.09 bits per heavy atom. The fraction of sp³-hybridized carbons (Fsp3) is 0. The van der Waals surface area contributed by atoms with Gasteiger partial charge in [-0.1, -0.05) is 133 Å². The van der Waals surface area contributed by atoms with Crippen LogP contribution in [0.5, 0.6) is 11.5 Å². The third-order valence-corrected chi connectivity index (χ3v) is 11.4. The molecule has 0 N–H and O–H groups in total. The van der Waals surface area contributed by atoms with Crippen molar-refractivity contribution in [2.45, 2.75) is 0 Å². The summed E-state index contributed by atoms with van der Waals surface area (Å²) in [6, 6.07) is 69.1. The number of ether oxygens (including phenoxy) is 1. The van der Waals surface area contributed by atoms with Gasteiger partial charge in [-0.15, -0.1) is 0 Å². The van der Waals surface area contributed by atoms with E-state index in [9.17, 15) is 0 Å². The summed E-state index contributed by atoms with van der Waals surface area (Å²) >= 11 is 0. The smallest absolute Gasteiger partial charge is 0.152 e. The van der Waals surface area contributed by atoms with E-state index in [-0.39, 0.29) is 0 Å². The first-order valence-electron chi connectivity index (χ1n) is 19.0. The summed E-state index contributed by atoms with van der Waals surface area (Å²) in [5.74, 6) is 1.75. The third-order valence-electron chi connectivity index (χ3n) is 11.4. The Hall–Kier alpha value is -7.56. The lowest BCUT2D eigenvalue weighted by molar-refractivity contribution is 0.476. The van der Waals surface area contributed by atoms with Gasteiger partial charge in [0, 0.05) is 43.7 Å². The van der Waals surface area contributed by atoms with E-state index in [1.807, 2.05) is 24.3 Å². The molecule has 3 heterocycles. The van der Waals surface area contributed by atoms with Gasteiger partial charge in [-0.25, -0.2) is 0 Å². The zero-order valence-corrected chi connectivity index (χ0v) is 30.2. The van der Waals surface area contributed by atoms with Crippen molar-refractivity contribution in [2.75, 3.05) is 4.90 Å². The lowest BCUT2D eigenvalue weighted by Gasteiger charge is -2.29. The highest BCUT2D eigenvalue weighted by atomic mass is 16.5. The molecule has 1 aliphatic heterocycles. The Labute approximate surface area is 322 Å². The number of hydrogen-bond acceptors (Lipinski definition) is 3. The van der Waals surface area contributed by atoms with E-state index in [1.165, 1.54) is 21.5 Å². The zero-order valence-electron chi connectivity index (χ0n) is 30.2. The number of hydrogen-bond donors (Lipinski definition) is 0. The average molecular weight is 717 g/mol. The summed E-state index contributed by atoms with van der Waals surface area (Å²) in [4.78, 5) is 2.41. The van der Waals surface area contributed by atoms with Gasteiger partial charge < -0.3 is 18.6 Å². The molecule has 4 heteroatoms. The number of benzene rings is 9. The Morgan fingerprint density at radius 2 is 1.11 bits per heavy atom. The van der Waals surface area contributed by atoms with Gasteiger partial charge in [-0.3, -0.25) is 0 Å². The first kappa shape index (κ1) is 30.9. The van der Waals surface area contributed by atoms with Crippen LogP contribution in [0.4, 0.5) is 17.1 Å². The molecule has 0 saturated carbocycles. The highest BCUT2D eigenvalue weighted by Crippen LogP contribution is 2.48. The van der Waals surface area contributed by atoms with Gasteiger partial charge in [0.2, 0.25) is 0 Å². The van der Waals surface area contributed by atoms with Crippen LogP contribution in [0.3, 0.4) is 0 Å². The van der Waals surface area contributed by atoms with Gasteiger partial charge in [0.25, 0.3) is 0 Å². The number of rotatable bonds is 5. The molecular formula is C52H32N2O2. The lowest BCUT2D eigenvalue weighted by Crippen LogP contribution is -2.12. The molecule has 12 rings (SSSR count). The number of furan rings is 1. The molecule has 4 nitrogen and oxygen atoms in total. The summed E-state index contributed by atoms with van der Waals surface area (Å²) in [6.07, 6.45) is 0. The maximum atomic E-state index is 6.61. The zero-order chi connectivity index (χ0) is 36.7.